The van der Waals surface area contributed by atoms with Crippen LogP contribution in [0, 0.1) is 0 Å². The minimum absolute atomic E-state index is 0.260. The minimum Gasteiger partial charge on any atom is -0.477 e. The highest BCUT2D eigenvalue weighted by molar-refractivity contribution is 7.78. The van der Waals surface area contributed by atoms with Crippen LogP contribution in [0.3, 0.4) is 0 Å². The van der Waals surface area contributed by atoms with Crippen LogP contribution >= 0.6 is 12.8 Å². The van der Waals surface area contributed by atoms with E-state index in [0.717, 1.165) is 7.11 Å². The molecule has 0 aromatic rings. The topological polar surface area (TPSA) is 128 Å². The molecule has 0 aromatic carbocycles. The van der Waals surface area contributed by atoms with E-state index in [1.54, 1.807) is 0 Å². The van der Waals surface area contributed by atoms with E-state index in [2.05, 4.69) is 17.5 Å². The van der Waals surface area contributed by atoms with Gasteiger partial charge < -0.3 is 29.9 Å². The van der Waals surface area contributed by atoms with Gasteiger partial charge in [-0.1, -0.05) is 19.1 Å². The average Bonchev–Trinajstić information content (AvgIpc) is 2.44. The summed E-state index contributed by atoms with van der Waals surface area (Å²) < 4.78 is 12.5. The molecule has 0 saturated carbocycles. The number of aliphatic hydroxyl groups excluding tert-OH is 3. The second kappa shape index (κ2) is 7.07. The molecule has 0 aliphatic carbocycles. The number of rotatable bonds is 6. The van der Waals surface area contributed by atoms with E-state index in [1.165, 1.54) is 0 Å². The Morgan fingerprint density at radius 1 is 1.65 bits per heavy atom. The van der Waals surface area contributed by atoms with Gasteiger partial charge in [-0.2, -0.15) is 0 Å². The van der Waals surface area contributed by atoms with Gasteiger partial charge in [0.25, 0.3) is 5.79 Å². The molecule has 20 heavy (non-hydrogen) atoms. The number of nitrogens with one attached hydrogen (secondary N) is 1. The van der Waals surface area contributed by atoms with Gasteiger partial charge >= 0.3 is 5.97 Å². The summed E-state index contributed by atoms with van der Waals surface area (Å²) in [6, 6.07) is -0.905. The van der Waals surface area contributed by atoms with Crippen molar-refractivity contribution in [3.63, 3.8) is 0 Å². The highest BCUT2D eigenvalue weighted by atomic mass is 32.1. The van der Waals surface area contributed by atoms with Crippen LogP contribution in [-0.2, 0) is 14.3 Å². The third-order valence-corrected chi connectivity index (χ3v) is 3.65. The van der Waals surface area contributed by atoms with Crippen molar-refractivity contribution in [2.45, 2.75) is 49.0 Å². The first-order valence-electron chi connectivity index (χ1n) is 5.93. The Hall–Kier alpha value is -0.355. The molecule has 2 radical (unpaired) electrons. The minimum atomic E-state index is -2.11. The van der Waals surface area contributed by atoms with Gasteiger partial charge in [-0.15, -0.1) is 0 Å². The molecule has 114 valence electrons. The first kappa shape index (κ1) is 17.7. The summed E-state index contributed by atoms with van der Waals surface area (Å²) in [5.41, 5.74) is 0. The molecule has 1 aliphatic rings. The normalized spacial score (nSPS) is 37.4. The Balaban J connectivity index is 3.06. The van der Waals surface area contributed by atoms with E-state index in [0.29, 0.717) is 0 Å². The lowest BCUT2D eigenvalue weighted by molar-refractivity contribution is -0.301. The monoisotopic (exact) mass is 307 g/mol. The van der Waals surface area contributed by atoms with E-state index in [4.69, 9.17) is 17.3 Å². The Labute approximate surface area is 123 Å². The van der Waals surface area contributed by atoms with Gasteiger partial charge in [0.15, 0.2) is 0 Å². The Morgan fingerprint density at radius 3 is 2.65 bits per heavy atom. The molecule has 0 spiro atoms. The first-order valence-corrected chi connectivity index (χ1v) is 6.38. The number of ether oxygens (including phenoxy) is 2. The molecule has 0 aromatic heterocycles. The van der Waals surface area contributed by atoms with Crippen molar-refractivity contribution in [2.75, 3.05) is 7.11 Å². The molecule has 5 N–H and O–H groups in total. The molecule has 6 unspecified atom stereocenters. The second-order valence-electron chi connectivity index (χ2n) is 4.56. The maximum atomic E-state index is 11.3. The summed E-state index contributed by atoms with van der Waals surface area (Å²) in [5.74, 6) is -3.56. The summed E-state index contributed by atoms with van der Waals surface area (Å²) in [5, 5.41) is 38.8. The van der Waals surface area contributed by atoms with Gasteiger partial charge in [-0.25, -0.2) is 4.79 Å². The molecular weight excluding hydrogens is 289 g/mol. The number of methoxy groups -OCH3 is 1. The smallest absolute Gasteiger partial charge is 0.364 e. The molecule has 6 atom stereocenters. The van der Waals surface area contributed by atoms with E-state index in [1.807, 2.05) is 0 Å². The lowest BCUT2D eigenvalue weighted by atomic mass is 9.86. The zero-order valence-electron chi connectivity index (χ0n) is 10.8. The molecule has 1 rings (SSSR count). The van der Waals surface area contributed by atoms with Crippen LogP contribution in [0.2, 0.25) is 6.32 Å². The van der Waals surface area contributed by atoms with Gasteiger partial charge in [0.2, 0.25) is 0 Å². The molecular formula is C10H18BNO7S. The quantitative estimate of drug-likeness (QED) is 0.238. The zero-order chi connectivity index (χ0) is 15.5. The molecule has 1 fully saturated rings. The van der Waals surface area contributed by atoms with Crippen molar-refractivity contribution in [3.05, 3.63) is 0 Å². The van der Waals surface area contributed by atoms with Crippen LogP contribution in [0.5, 0.6) is 0 Å². The predicted octanol–water partition coefficient (Wildman–Crippen LogP) is -2.32. The highest BCUT2D eigenvalue weighted by Gasteiger charge is 2.54. The predicted molar refractivity (Wildman–Crippen MR) is 71.4 cm³/mol. The number of hydrogen-bond donors (Lipinski definition) is 6. The summed E-state index contributed by atoms with van der Waals surface area (Å²) in [6.45, 7) is 0. The zero-order valence-corrected chi connectivity index (χ0v) is 11.7. The molecule has 8 nitrogen and oxygen atoms in total. The van der Waals surface area contributed by atoms with Crippen LogP contribution in [0.25, 0.3) is 0 Å². The molecule has 1 aliphatic heterocycles. The standard InChI is InChI=1S/C10H18BNO7S/c1-18-10(9(16)17)2-4(13)6(12-20)8(19-10)7(15)5(14)3-11/h4-8,12-15,20H,2-3H2,1H3,(H,16,17). The van der Waals surface area contributed by atoms with Gasteiger partial charge in [0.05, 0.1) is 26.1 Å². The number of thiol groups is 1. The number of carbonyl (C=O) groups is 1. The molecule has 0 bridgehead atoms. The Morgan fingerprint density at radius 2 is 2.25 bits per heavy atom. The third kappa shape index (κ3) is 3.27. The van der Waals surface area contributed by atoms with Gasteiger partial charge in [0.1, 0.15) is 12.2 Å². The van der Waals surface area contributed by atoms with Crippen molar-refractivity contribution in [3.8, 4) is 0 Å². The van der Waals surface area contributed by atoms with Crippen molar-refractivity contribution in [2.24, 2.45) is 0 Å². The fourth-order valence-corrected chi connectivity index (χ4v) is 2.44. The van der Waals surface area contributed by atoms with Crippen LogP contribution in [0.4, 0.5) is 0 Å². The van der Waals surface area contributed by atoms with Crippen molar-refractivity contribution < 1.29 is 34.7 Å². The SMILES string of the molecule is [B]CC(O)C(O)C1OC(OC)(C(=O)O)CC(O)C1NS. The number of carboxylic acids is 1. The van der Waals surface area contributed by atoms with Crippen LogP contribution < -0.4 is 4.72 Å². The lowest BCUT2D eigenvalue weighted by Crippen LogP contribution is -2.65. The average molecular weight is 307 g/mol. The lowest BCUT2D eigenvalue weighted by Gasteiger charge is -2.45. The summed E-state index contributed by atoms with van der Waals surface area (Å²) in [4.78, 5) is 11.3. The van der Waals surface area contributed by atoms with E-state index in [9.17, 15) is 25.2 Å². The van der Waals surface area contributed by atoms with Crippen LogP contribution in [0.1, 0.15) is 6.42 Å². The first-order chi connectivity index (χ1) is 9.32. The molecule has 1 saturated heterocycles. The molecule has 0 amide bonds. The largest absolute Gasteiger partial charge is 0.477 e. The maximum Gasteiger partial charge on any atom is 0.364 e. The number of carboxylic acid groups (broad SMARTS) is 1. The third-order valence-electron chi connectivity index (χ3n) is 3.35. The fourth-order valence-electron chi connectivity index (χ4n) is 2.12. The summed E-state index contributed by atoms with van der Waals surface area (Å²) in [6.07, 6.45) is -5.98. The molecule has 1 heterocycles. The van der Waals surface area contributed by atoms with Gasteiger partial charge in [-0.05, 0) is 0 Å². The Kier molecular flexibility index (Phi) is 6.26. The van der Waals surface area contributed by atoms with Crippen molar-refractivity contribution in [1.29, 1.82) is 0 Å². The summed E-state index contributed by atoms with van der Waals surface area (Å²) >= 11 is 3.81. The fraction of sp³-hybridized carbons (Fsp3) is 0.900. The van der Waals surface area contributed by atoms with E-state index < -0.39 is 42.2 Å². The highest BCUT2D eigenvalue weighted by Crippen LogP contribution is 2.33. The van der Waals surface area contributed by atoms with Crippen molar-refractivity contribution in [1.82, 2.24) is 4.72 Å². The van der Waals surface area contributed by atoms with Crippen LogP contribution in [-0.4, -0.2) is 77.6 Å². The number of hydrogen-bond acceptors (Lipinski definition) is 8. The van der Waals surface area contributed by atoms with Crippen molar-refractivity contribution >= 4 is 26.6 Å². The summed E-state index contributed by atoms with van der Waals surface area (Å²) in [7, 11) is 6.36. The number of aliphatic carboxylic acids is 1. The maximum absolute atomic E-state index is 11.3. The van der Waals surface area contributed by atoms with Crippen LogP contribution in [0.15, 0.2) is 0 Å². The molecule has 10 heteroatoms. The van der Waals surface area contributed by atoms with E-state index >= 15 is 0 Å². The number of aliphatic hydroxyl groups is 3. The van der Waals surface area contributed by atoms with Gasteiger partial charge in [0, 0.05) is 13.5 Å². The van der Waals surface area contributed by atoms with E-state index in [-0.39, 0.29) is 12.7 Å². The Bertz CT molecular complexity index is 350. The van der Waals surface area contributed by atoms with Gasteiger partial charge in [-0.3, -0.25) is 4.72 Å². The second-order valence-corrected chi connectivity index (χ2v) is 4.82.